The molecule has 176 valence electrons. The number of amides is 1. The quantitative estimate of drug-likeness (QED) is 0.435. The molecule has 0 saturated heterocycles. The zero-order valence-corrected chi connectivity index (χ0v) is 20.3. The van der Waals surface area contributed by atoms with Crippen LogP contribution in [0.4, 0.5) is 5.69 Å². The summed E-state index contributed by atoms with van der Waals surface area (Å²) in [5.41, 5.74) is 5.43. The van der Waals surface area contributed by atoms with E-state index in [1.54, 1.807) is 7.11 Å². The van der Waals surface area contributed by atoms with Gasteiger partial charge in [0.2, 0.25) is 5.91 Å². The molecule has 2 aromatic heterocycles. The predicted octanol–water partition coefficient (Wildman–Crippen LogP) is 4.71. The fourth-order valence-corrected chi connectivity index (χ4v) is 4.04. The summed E-state index contributed by atoms with van der Waals surface area (Å²) in [6.07, 6.45) is 0.538. The number of benzene rings is 2. The number of methoxy groups -OCH3 is 1. The SMILES string of the molecule is COc1cccc(-c2cc3n(C)c(C)c(CCC(=O)Nc4ccc(C(C)C)cc4)c(=O)n3n2)c1. The van der Waals surface area contributed by atoms with Crippen LogP contribution < -0.4 is 15.6 Å². The highest BCUT2D eigenvalue weighted by Crippen LogP contribution is 2.24. The average Bonchev–Trinajstić information content (AvgIpc) is 3.29. The molecule has 0 atom stereocenters. The zero-order chi connectivity index (χ0) is 24.4. The number of ether oxygens (including phenoxy) is 1. The van der Waals surface area contributed by atoms with Gasteiger partial charge in [0.25, 0.3) is 5.56 Å². The molecule has 2 heterocycles. The molecule has 7 heteroatoms. The summed E-state index contributed by atoms with van der Waals surface area (Å²) in [6, 6.07) is 17.3. The molecule has 34 heavy (non-hydrogen) atoms. The molecule has 1 N–H and O–H groups in total. The van der Waals surface area contributed by atoms with Crippen LogP contribution in [0, 0.1) is 6.92 Å². The number of nitrogens with one attached hydrogen (secondary N) is 1. The molecule has 1 amide bonds. The highest BCUT2D eigenvalue weighted by Gasteiger charge is 2.17. The highest BCUT2D eigenvalue weighted by atomic mass is 16.5. The van der Waals surface area contributed by atoms with Crippen LogP contribution in [0.25, 0.3) is 16.9 Å². The van der Waals surface area contributed by atoms with Crippen molar-refractivity contribution in [1.82, 2.24) is 14.2 Å². The van der Waals surface area contributed by atoms with Crippen LogP contribution in [-0.2, 0) is 18.3 Å². The summed E-state index contributed by atoms with van der Waals surface area (Å²) in [7, 11) is 3.52. The van der Waals surface area contributed by atoms with Gasteiger partial charge in [-0.1, -0.05) is 38.1 Å². The van der Waals surface area contributed by atoms with E-state index in [4.69, 9.17) is 4.74 Å². The minimum atomic E-state index is -0.200. The second kappa shape index (κ2) is 9.55. The first-order valence-corrected chi connectivity index (χ1v) is 11.4. The van der Waals surface area contributed by atoms with Crippen LogP contribution in [0.3, 0.4) is 0 Å². The van der Waals surface area contributed by atoms with Crippen molar-refractivity contribution < 1.29 is 9.53 Å². The Kier molecular flexibility index (Phi) is 6.54. The van der Waals surface area contributed by atoms with Gasteiger partial charge in [0.1, 0.15) is 11.4 Å². The van der Waals surface area contributed by atoms with E-state index in [1.807, 2.05) is 73.1 Å². The van der Waals surface area contributed by atoms with Gasteiger partial charge in [0.05, 0.1) is 12.8 Å². The summed E-state index contributed by atoms with van der Waals surface area (Å²) in [4.78, 5) is 25.8. The van der Waals surface area contributed by atoms with E-state index in [0.29, 0.717) is 29.2 Å². The zero-order valence-electron chi connectivity index (χ0n) is 20.3. The molecule has 7 nitrogen and oxygen atoms in total. The number of hydrogen-bond acceptors (Lipinski definition) is 4. The van der Waals surface area contributed by atoms with E-state index in [1.165, 1.54) is 10.1 Å². The fraction of sp³-hybridized carbons (Fsp3) is 0.296. The molecule has 2 aromatic carbocycles. The van der Waals surface area contributed by atoms with Crippen molar-refractivity contribution >= 4 is 17.2 Å². The van der Waals surface area contributed by atoms with E-state index >= 15 is 0 Å². The molecule has 0 unspecified atom stereocenters. The maximum absolute atomic E-state index is 13.3. The first kappa shape index (κ1) is 23.3. The highest BCUT2D eigenvalue weighted by molar-refractivity contribution is 5.90. The van der Waals surface area contributed by atoms with Gasteiger partial charge in [-0.25, -0.2) is 0 Å². The van der Waals surface area contributed by atoms with E-state index in [9.17, 15) is 9.59 Å². The van der Waals surface area contributed by atoms with Crippen LogP contribution in [0.15, 0.2) is 59.4 Å². The maximum Gasteiger partial charge on any atom is 0.277 e. The van der Waals surface area contributed by atoms with Crippen LogP contribution in [0.5, 0.6) is 5.75 Å². The molecule has 0 aliphatic heterocycles. The van der Waals surface area contributed by atoms with Gasteiger partial charge in [-0.2, -0.15) is 9.61 Å². The fourth-order valence-electron chi connectivity index (χ4n) is 4.04. The van der Waals surface area contributed by atoms with Gasteiger partial charge in [-0.05, 0) is 49.1 Å². The van der Waals surface area contributed by atoms with Crippen LogP contribution in [0.2, 0.25) is 0 Å². The topological polar surface area (TPSA) is 77.6 Å². The van der Waals surface area contributed by atoms with Gasteiger partial charge in [-0.3, -0.25) is 9.59 Å². The molecule has 4 rings (SSSR count). The Morgan fingerprint density at radius 2 is 1.85 bits per heavy atom. The summed E-state index contributed by atoms with van der Waals surface area (Å²) in [5.74, 6) is 1.03. The van der Waals surface area contributed by atoms with Crippen LogP contribution in [-0.4, -0.2) is 27.2 Å². The van der Waals surface area contributed by atoms with E-state index in [0.717, 1.165) is 22.7 Å². The number of carbonyl (C=O) groups is 1. The Hall–Kier alpha value is -3.87. The van der Waals surface area contributed by atoms with Gasteiger partial charge >= 0.3 is 0 Å². The van der Waals surface area contributed by atoms with Crippen LogP contribution >= 0.6 is 0 Å². The Morgan fingerprint density at radius 3 is 2.53 bits per heavy atom. The molecule has 0 spiro atoms. The number of aromatic nitrogens is 3. The normalized spacial score (nSPS) is 11.2. The standard InChI is InChI=1S/C27H30N4O3/c1-17(2)19-9-11-21(12-10-19)28-25(32)14-13-23-18(3)30(4)26-16-24(29-31(26)27(23)33)20-7-6-8-22(15-20)34-5/h6-12,15-17H,13-14H2,1-5H3,(H,28,32). The Morgan fingerprint density at radius 1 is 1.12 bits per heavy atom. The van der Waals surface area contributed by atoms with Gasteiger partial charge < -0.3 is 14.6 Å². The Balaban J connectivity index is 1.56. The van der Waals surface area contributed by atoms with Crippen LogP contribution in [0.1, 0.15) is 43.0 Å². The smallest absolute Gasteiger partial charge is 0.277 e. The molecular weight excluding hydrogens is 428 g/mol. The van der Waals surface area contributed by atoms with Crippen molar-refractivity contribution in [3.05, 3.63) is 81.8 Å². The second-order valence-electron chi connectivity index (χ2n) is 8.78. The van der Waals surface area contributed by atoms with Crippen molar-refractivity contribution in [3.63, 3.8) is 0 Å². The molecule has 0 saturated carbocycles. The van der Waals surface area contributed by atoms with Gasteiger partial charge in [0.15, 0.2) is 0 Å². The molecule has 0 aliphatic carbocycles. The third-order valence-electron chi connectivity index (χ3n) is 6.25. The predicted molar refractivity (Wildman–Crippen MR) is 135 cm³/mol. The largest absolute Gasteiger partial charge is 0.497 e. The number of aryl methyl sites for hydroxylation is 1. The van der Waals surface area contributed by atoms with Gasteiger partial charge in [-0.15, -0.1) is 0 Å². The summed E-state index contributed by atoms with van der Waals surface area (Å²) < 4.78 is 8.67. The molecule has 4 aromatic rings. The lowest BCUT2D eigenvalue weighted by molar-refractivity contribution is -0.116. The summed E-state index contributed by atoms with van der Waals surface area (Å²) in [6.45, 7) is 6.16. The minimum absolute atomic E-state index is 0.128. The first-order valence-electron chi connectivity index (χ1n) is 11.4. The third-order valence-corrected chi connectivity index (χ3v) is 6.25. The van der Waals surface area contributed by atoms with Crippen molar-refractivity contribution in [2.75, 3.05) is 12.4 Å². The van der Waals surface area contributed by atoms with Crippen molar-refractivity contribution in [1.29, 1.82) is 0 Å². The number of rotatable bonds is 7. The average molecular weight is 459 g/mol. The first-order chi connectivity index (χ1) is 16.3. The lowest BCUT2D eigenvalue weighted by atomic mass is 10.0. The summed E-state index contributed by atoms with van der Waals surface area (Å²) >= 11 is 0. The molecule has 0 fully saturated rings. The Labute approximate surface area is 199 Å². The van der Waals surface area contributed by atoms with Crippen molar-refractivity contribution in [2.24, 2.45) is 7.05 Å². The number of hydrogen-bond donors (Lipinski definition) is 1. The number of carbonyl (C=O) groups excluding carboxylic acids is 1. The number of anilines is 1. The lowest BCUT2D eigenvalue weighted by Gasteiger charge is -2.12. The third kappa shape index (κ3) is 4.59. The van der Waals surface area contributed by atoms with Gasteiger partial charge in [0, 0.05) is 42.0 Å². The number of nitrogens with zero attached hydrogens (tertiary/aromatic N) is 3. The van der Waals surface area contributed by atoms with Crippen molar-refractivity contribution in [3.8, 4) is 17.0 Å². The number of fused-ring (bicyclic) bond motifs is 1. The van der Waals surface area contributed by atoms with E-state index in [2.05, 4.69) is 24.3 Å². The molecule has 0 aliphatic rings. The van der Waals surface area contributed by atoms with E-state index in [-0.39, 0.29) is 17.9 Å². The maximum atomic E-state index is 13.3. The Bertz CT molecular complexity index is 1400. The molecule has 0 radical (unpaired) electrons. The van der Waals surface area contributed by atoms with Crippen molar-refractivity contribution in [2.45, 2.75) is 39.5 Å². The second-order valence-corrected chi connectivity index (χ2v) is 8.78. The lowest BCUT2D eigenvalue weighted by Crippen LogP contribution is -2.26. The monoisotopic (exact) mass is 458 g/mol. The summed E-state index contributed by atoms with van der Waals surface area (Å²) in [5, 5.41) is 7.49. The van der Waals surface area contributed by atoms with E-state index < -0.39 is 0 Å². The minimum Gasteiger partial charge on any atom is -0.497 e. The molecule has 0 bridgehead atoms. The molecular formula is C27H30N4O3.